The number of anilines is 1. The number of hydrogen-bond donors (Lipinski definition) is 2. The van der Waals surface area contributed by atoms with Gasteiger partial charge in [-0.05, 0) is 25.0 Å². The van der Waals surface area contributed by atoms with E-state index in [1.807, 2.05) is 6.92 Å². The first-order chi connectivity index (χ1) is 11.6. The van der Waals surface area contributed by atoms with E-state index in [1.54, 1.807) is 9.80 Å². The van der Waals surface area contributed by atoms with Crippen LogP contribution in [0.5, 0.6) is 0 Å². The molecule has 0 bridgehead atoms. The quantitative estimate of drug-likeness (QED) is 0.800. The number of benzene rings is 1. The molecule has 134 valence electrons. The second kappa shape index (κ2) is 8.82. The van der Waals surface area contributed by atoms with Crippen molar-refractivity contribution in [2.24, 2.45) is 0 Å². The number of nitrogens with zero attached hydrogens (tertiary/aromatic N) is 2. The number of unbranched alkanes of at least 4 members (excludes halogenated alkanes) is 1. The highest BCUT2D eigenvalue weighted by molar-refractivity contribution is 5.74. The number of carbonyl (C=O) groups is 1. The number of hydrogen-bond acceptors (Lipinski definition) is 3. The van der Waals surface area contributed by atoms with Gasteiger partial charge in [-0.1, -0.05) is 19.4 Å². The first kappa shape index (κ1) is 18.4. The van der Waals surface area contributed by atoms with Gasteiger partial charge in [0, 0.05) is 32.2 Å². The van der Waals surface area contributed by atoms with Gasteiger partial charge in [0.2, 0.25) is 0 Å². The third kappa shape index (κ3) is 4.56. The van der Waals surface area contributed by atoms with Gasteiger partial charge in [-0.2, -0.15) is 0 Å². The molecule has 0 aromatic heterocycles. The summed E-state index contributed by atoms with van der Waals surface area (Å²) >= 11 is 0. The van der Waals surface area contributed by atoms with Gasteiger partial charge < -0.3 is 20.2 Å². The number of urea groups is 1. The maximum Gasteiger partial charge on any atom is 0.317 e. The van der Waals surface area contributed by atoms with Gasteiger partial charge in [0.05, 0.1) is 6.61 Å². The molecular weight excluding hydrogens is 316 g/mol. The minimum absolute atomic E-state index is 0.0348. The summed E-state index contributed by atoms with van der Waals surface area (Å²) in [5, 5.41) is 12.0. The number of nitrogens with one attached hydrogen (secondary N) is 1. The molecular formula is C17H25F2N3O2. The van der Waals surface area contributed by atoms with Gasteiger partial charge in [-0.25, -0.2) is 13.6 Å². The van der Waals surface area contributed by atoms with E-state index >= 15 is 0 Å². The van der Waals surface area contributed by atoms with E-state index in [-0.39, 0.29) is 30.9 Å². The van der Waals surface area contributed by atoms with E-state index in [2.05, 4.69) is 5.32 Å². The zero-order chi connectivity index (χ0) is 17.5. The lowest BCUT2D eigenvalue weighted by Gasteiger charge is -2.25. The molecule has 7 heteroatoms. The summed E-state index contributed by atoms with van der Waals surface area (Å²) in [7, 11) is 0. The van der Waals surface area contributed by atoms with Crippen molar-refractivity contribution in [1.29, 1.82) is 0 Å². The van der Waals surface area contributed by atoms with Gasteiger partial charge in [-0.3, -0.25) is 0 Å². The molecule has 1 aliphatic rings. The highest BCUT2D eigenvalue weighted by Gasteiger charge is 2.28. The Hall–Kier alpha value is -1.89. The molecule has 1 aromatic carbocycles. The summed E-state index contributed by atoms with van der Waals surface area (Å²) in [6, 6.07) is 3.40. The highest BCUT2D eigenvalue weighted by atomic mass is 19.1. The largest absolute Gasteiger partial charge is 0.395 e. The molecule has 0 aliphatic carbocycles. The molecule has 1 saturated heterocycles. The fraction of sp³-hybridized carbons (Fsp3) is 0.588. The van der Waals surface area contributed by atoms with Crippen molar-refractivity contribution >= 4 is 11.7 Å². The maximum atomic E-state index is 13.9. The molecule has 1 unspecified atom stereocenters. The second-order valence-corrected chi connectivity index (χ2v) is 6.02. The van der Waals surface area contributed by atoms with Crippen LogP contribution in [-0.2, 0) is 0 Å². The Balaban J connectivity index is 1.94. The summed E-state index contributed by atoms with van der Waals surface area (Å²) < 4.78 is 27.7. The van der Waals surface area contributed by atoms with Crippen molar-refractivity contribution in [3.05, 3.63) is 29.8 Å². The van der Waals surface area contributed by atoms with Crippen molar-refractivity contribution < 1.29 is 18.7 Å². The molecule has 24 heavy (non-hydrogen) atoms. The summed E-state index contributed by atoms with van der Waals surface area (Å²) in [6.07, 6.45) is 2.45. The van der Waals surface area contributed by atoms with Crippen LogP contribution in [0.25, 0.3) is 0 Å². The van der Waals surface area contributed by atoms with Crippen LogP contribution in [0.3, 0.4) is 0 Å². The molecule has 0 saturated carbocycles. The Morgan fingerprint density at radius 2 is 2.08 bits per heavy atom. The Kier molecular flexibility index (Phi) is 6.78. The number of para-hydroxylation sites is 1. The Morgan fingerprint density at radius 3 is 2.71 bits per heavy atom. The fourth-order valence-electron chi connectivity index (χ4n) is 2.92. The van der Waals surface area contributed by atoms with Gasteiger partial charge in [0.1, 0.15) is 17.3 Å². The second-order valence-electron chi connectivity index (χ2n) is 6.02. The molecule has 5 nitrogen and oxygen atoms in total. The molecule has 1 aliphatic heterocycles. The number of halogens is 2. The van der Waals surface area contributed by atoms with E-state index < -0.39 is 11.6 Å². The highest BCUT2D eigenvalue weighted by Crippen LogP contribution is 2.26. The van der Waals surface area contributed by atoms with Crippen molar-refractivity contribution in [1.82, 2.24) is 10.2 Å². The van der Waals surface area contributed by atoms with E-state index in [0.29, 0.717) is 26.1 Å². The molecule has 2 rings (SSSR count). The van der Waals surface area contributed by atoms with E-state index in [9.17, 15) is 13.6 Å². The number of amides is 2. The third-order valence-corrected chi connectivity index (χ3v) is 4.21. The lowest BCUT2D eigenvalue weighted by Crippen LogP contribution is -2.47. The number of aliphatic hydroxyl groups is 1. The minimum Gasteiger partial charge on any atom is -0.395 e. The normalized spacial score (nSPS) is 17.2. The van der Waals surface area contributed by atoms with Gasteiger partial charge in [-0.15, -0.1) is 0 Å². The monoisotopic (exact) mass is 341 g/mol. The van der Waals surface area contributed by atoms with Crippen LogP contribution in [-0.4, -0.2) is 54.9 Å². The molecule has 0 radical (unpaired) electrons. The first-order valence-corrected chi connectivity index (χ1v) is 8.42. The Morgan fingerprint density at radius 1 is 1.38 bits per heavy atom. The third-order valence-electron chi connectivity index (χ3n) is 4.21. The lowest BCUT2D eigenvalue weighted by molar-refractivity contribution is 0.173. The molecule has 2 N–H and O–H groups in total. The summed E-state index contributed by atoms with van der Waals surface area (Å²) in [4.78, 5) is 15.5. The molecule has 1 aromatic rings. The van der Waals surface area contributed by atoms with E-state index in [4.69, 9.17) is 5.11 Å². The molecule has 0 spiro atoms. The molecule has 2 amide bonds. The topological polar surface area (TPSA) is 55.8 Å². The average Bonchev–Trinajstić information content (AvgIpc) is 2.99. The van der Waals surface area contributed by atoms with Crippen LogP contribution in [0, 0.1) is 11.6 Å². The van der Waals surface area contributed by atoms with E-state index in [1.165, 1.54) is 18.2 Å². The maximum absolute atomic E-state index is 13.9. The fourth-order valence-corrected chi connectivity index (χ4v) is 2.92. The van der Waals surface area contributed by atoms with Crippen LogP contribution in [0.15, 0.2) is 18.2 Å². The summed E-state index contributed by atoms with van der Waals surface area (Å²) in [5.41, 5.74) is -0.0348. The average molecular weight is 341 g/mol. The number of rotatable bonds is 7. The predicted molar refractivity (Wildman–Crippen MR) is 89.1 cm³/mol. The molecule has 1 fully saturated rings. The standard InChI is InChI=1S/C17H25F2N3O2/c1-2-3-8-21(10-11-23)17(24)20-13-7-9-22(12-13)16-14(18)5-4-6-15(16)19/h4-6,13,23H,2-3,7-12H2,1H3,(H,20,24). The summed E-state index contributed by atoms with van der Waals surface area (Å²) in [6.45, 7) is 3.66. The summed E-state index contributed by atoms with van der Waals surface area (Å²) in [5.74, 6) is -1.18. The van der Waals surface area contributed by atoms with Crippen molar-refractivity contribution in [3.63, 3.8) is 0 Å². The molecule has 1 atom stereocenters. The van der Waals surface area contributed by atoms with Crippen LogP contribution in [0.1, 0.15) is 26.2 Å². The number of carbonyl (C=O) groups excluding carboxylic acids is 1. The Labute approximate surface area is 141 Å². The van der Waals surface area contributed by atoms with Gasteiger partial charge in [0.15, 0.2) is 0 Å². The van der Waals surface area contributed by atoms with Crippen molar-refractivity contribution in [2.75, 3.05) is 37.7 Å². The van der Waals surface area contributed by atoms with Crippen LogP contribution < -0.4 is 10.2 Å². The van der Waals surface area contributed by atoms with Crippen LogP contribution in [0.2, 0.25) is 0 Å². The number of aliphatic hydroxyl groups excluding tert-OH is 1. The first-order valence-electron chi connectivity index (χ1n) is 8.42. The van der Waals surface area contributed by atoms with Crippen molar-refractivity contribution in [2.45, 2.75) is 32.2 Å². The van der Waals surface area contributed by atoms with Gasteiger partial charge >= 0.3 is 6.03 Å². The van der Waals surface area contributed by atoms with E-state index in [0.717, 1.165) is 12.8 Å². The zero-order valence-electron chi connectivity index (χ0n) is 14.0. The molecule has 1 heterocycles. The van der Waals surface area contributed by atoms with Gasteiger partial charge in [0.25, 0.3) is 0 Å². The lowest BCUT2D eigenvalue weighted by atomic mass is 10.2. The van der Waals surface area contributed by atoms with Crippen LogP contribution in [0.4, 0.5) is 19.3 Å². The zero-order valence-corrected chi connectivity index (χ0v) is 14.0. The Bertz CT molecular complexity index is 536. The SMILES string of the molecule is CCCCN(CCO)C(=O)NC1CCN(c2c(F)cccc2F)C1. The smallest absolute Gasteiger partial charge is 0.317 e. The predicted octanol–water partition coefficient (Wildman–Crippen LogP) is 2.35. The van der Waals surface area contributed by atoms with Crippen molar-refractivity contribution in [3.8, 4) is 0 Å². The van der Waals surface area contributed by atoms with Crippen LogP contribution >= 0.6 is 0 Å². The minimum atomic E-state index is -0.591.